The van der Waals surface area contributed by atoms with Gasteiger partial charge in [-0.25, -0.2) is 0 Å². The van der Waals surface area contributed by atoms with Crippen molar-refractivity contribution in [2.75, 3.05) is 32.0 Å². The highest BCUT2D eigenvalue weighted by atomic mass is 32.2. The van der Waals surface area contributed by atoms with Gasteiger partial charge in [-0.3, -0.25) is 4.79 Å². The average Bonchev–Trinajstić information content (AvgIpc) is 2.43. The van der Waals surface area contributed by atoms with E-state index < -0.39 is 0 Å². The molecule has 0 atom stereocenters. The van der Waals surface area contributed by atoms with Gasteiger partial charge in [0.25, 0.3) is 0 Å². The average molecular weight is 281 g/mol. The third kappa shape index (κ3) is 6.64. The number of likely N-dealkylation sites (N-methyl/N-ethyl adjacent to an activating group) is 1. The molecule has 19 heavy (non-hydrogen) atoms. The van der Waals surface area contributed by atoms with Crippen molar-refractivity contribution in [1.82, 2.24) is 4.90 Å². The fourth-order valence-corrected chi connectivity index (χ4v) is 2.34. The van der Waals surface area contributed by atoms with Crippen LogP contribution in [0.2, 0.25) is 0 Å². The van der Waals surface area contributed by atoms with Gasteiger partial charge in [-0.15, -0.1) is 11.8 Å². The van der Waals surface area contributed by atoms with E-state index in [1.807, 2.05) is 24.3 Å². The van der Waals surface area contributed by atoms with Crippen LogP contribution in [0.5, 0.6) is 0 Å². The van der Waals surface area contributed by atoms with Crippen LogP contribution in [0.1, 0.15) is 19.4 Å². The van der Waals surface area contributed by atoms with E-state index in [0.29, 0.717) is 12.4 Å². The molecule has 0 aliphatic carbocycles. The standard InChI is InChI=1S/C15H23NO2S/c1-4-16(5-2)10-11-18-15(17)12-19-14-8-6-13(3)7-9-14/h6-9H,4-5,10-12H2,1-3H3. The van der Waals surface area contributed by atoms with Crippen molar-refractivity contribution in [2.24, 2.45) is 0 Å². The Morgan fingerprint density at radius 1 is 1.21 bits per heavy atom. The summed E-state index contributed by atoms with van der Waals surface area (Å²) in [5.41, 5.74) is 1.23. The minimum absolute atomic E-state index is 0.141. The molecule has 3 nitrogen and oxygen atoms in total. The van der Waals surface area contributed by atoms with Gasteiger partial charge < -0.3 is 9.64 Å². The fourth-order valence-electron chi connectivity index (χ4n) is 1.65. The van der Waals surface area contributed by atoms with E-state index in [9.17, 15) is 4.79 Å². The zero-order chi connectivity index (χ0) is 14.1. The van der Waals surface area contributed by atoms with E-state index in [4.69, 9.17) is 4.74 Å². The molecule has 1 aromatic carbocycles. The van der Waals surface area contributed by atoms with Crippen molar-refractivity contribution >= 4 is 17.7 Å². The van der Waals surface area contributed by atoms with Crippen molar-refractivity contribution in [1.29, 1.82) is 0 Å². The number of hydrogen-bond acceptors (Lipinski definition) is 4. The van der Waals surface area contributed by atoms with Gasteiger partial charge in [0.2, 0.25) is 0 Å². The topological polar surface area (TPSA) is 29.5 Å². The summed E-state index contributed by atoms with van der Waals surface area (Å²) in [5.74, 6) is 0.235. The van der Waals surface area contributed by atoms with Crippen LogP contribution in [0, 0.1) is 6.92 Å². The van der Waals surface area contributed by atoms with E-state index >= 15 is 0 Å². The molecule has 1 aromatic rings. The largest absolute Gasteiger partial charge is 0.464 e. The minimum atomic E-state index is -0.141. The molecule has 1 rings (SSSR count). The van der Waals surface area contributed by atoms with E-state index in [1.54, 1.807) is 0 Å². The predicted molar refractivity (Wildman–Crippen MR) is 80.7 cm³/mol. The minimum Gasteiger partial charge on any atom is -0.464 e. The number of nitrogens with zero attached hydrogens (tertiary/aromatic N) is 1. The van der Waals surface area contributed by atoms with Gasteiger partial charge in [0.05, 0.1) is 5.75 Å². The number of rotatable bonds is 8. The van der Waals surface area contributed by atoms with Crippen LogP contribution in [-0.4, -0.2) is 42.9 Å². The number of aryl methyl sites for hydroxylation is 1. The number of carbonyl (C=O) groups is 1. The zero-order valence-electron chi connectivity index (χ0n) is 12.0. The Kier molecular flexibility index (Phi) is 7.60. The van der Waals surface area contributed by atoms with Gasteiger partial charge in [-0.05, 0) is 32.1 Å². The van der Waals surface area contributed by atoms with E-state index in [2.05, 4.69) is 25.7 Å². The fraction of sp³-hybridized carbons (Fsp3) is 0.533. The smallest absolute Gasteiger partial charge is 0.316 e. The maximum Gasteiger partial charge on any atom is 0.316 e. The van der Waals surface area contributed by atoms with Crippen molar-refractivity contribution < 1.29 is 9.53 Å². The third-order valence-corrected chi connectivity index (χ3v) is 3.93. The summed E-state index contributed by atoms with van der Waals surface area (Å²) in [6.45, 7) is 9.55. The van der Waals surface area contributed by atoms with Gasteiger partial charge in [0, 0.05) is 11.4 Å². The van der Waals surface area contributed by atoms with Gasteiger partial charge >= 0.3 is 5.97 Å². The Labute approximate surface area is 120 Å². The second kappa shape index (κ2) is 8.99. The Bertz CT molecular complexity index is 374. The summed E-state index contributed by atoms with van der Waals surface area (Å²) in [4.78, 5) is 14.9. The molecule has 0 spiro atoms. The molecule has 0 N–H and O–H groups in total. The zero-order valence-corrected chi connectivity index (χ0v) is 12.8. The Morgan fingerprint density at radius 2 is 1.84 bits per heavy atom. The molecule has 106 valence electrons. The first-order valence-corrected chi connectivity index (χ1v) is 7.71. The first kappa shape index (κ1) is 16.1. The molecule has 0 heterocycles. The normalized spacial score (nSPS) is 10.7. The van der Waals surface area contributed by atoms with Crippen LogP contribution in [0.25, 0.3) is 0 Å². The van der Waals surface area contributed by atoms with Crippen molar-refractivity contribution in [3.8, 4) is 0 Å². The highest BCUT2D eigenvalue weighted by Gasteiger charge is 2.05. The maximum atomic E-state index is 11.6. The summed E-state index contributed by atoms with van der Waals surface area (Å²) >= 11 is 1.52. The molecule has 0 fully saturated rings. The number of hydrogen-bond donors (Lipinski definition) is 0. The van der Waals surface area contributed by atoms with Crippen LogP contribution >= 0.6 is 11.8 Å². The summed E-state index contributed by atoms with van der Waals surface area (Å²) in [6, 6.07) is 8.16. The predicted octanol–water partition coefficient (Wildman–Crippen LogP) is 2.97. The highest BCUT2D eigenvalue weighted by molar-refractivity contribution is 8.00. The first-order chi connectivity index (χ1) is 9.15. The number of thioether (sulfide) groups is 1. The van der Waals surface area contributed by atoms with Crippen LogP contribution in [0.4, 0.5) is 0 Å². The van der Waals surface area contributed by atoms with Gasteiger partial charge in [-0.2, -0.15) is 0 Å². The molecular formula is C15H23NO2S. The summed E-state index contributed by atoms with van der Waals surface area (Å²) in [6.07, 6.45) is 0. The lowest BCUT2D eigenvalue weighted by atomic mass is 10.2. The van der Waals surface area contributed by atoms with E-state index in [-0.39, 0.29) is 5.97 Å². The Balaban J connectivity index is 2.19. The van der Waals surface area contributed by atoms with Crippen molar-refractivity contribution in [3.05, 3.63) is 29.8 Å². The van der Waals surface area contributed by atoms with Crippen molar-refractivity contribution in [2.45, 2.75) is 25.7 Å². The van der Waals surface area contributed by atoms with Gasteiger partial charge in [-0.1, -0.05) is 31.5 Å². The molecule has 4 heteroatoms. The highest BCUT2D eigenvalue weighted by Crippen LogP contribution is 2.18. The Hall–Kier alpha value is -1.00. The molecule has 0 saturated carbocycles. The monoisotopic (exact) mass is 281 g/mol. The summed E-state index contributed by atoms with van der Waals surface area (Å²) in [5, 5.41) is 0. The molecule has 0 saturated heterocycles. The lowest BCUT2D eigenvalue weighted by molar-refractivity contribution is -0.140. The second-order valence-electron chi connectivity index (χ2n) is 4.35. The van der Waals surface area contributed by atoms with E-state index in [1.165, 1.54) is 17.3 Å². The lowest BCUT2D eigenvalue weighted by Crippen LogP contribution is -2.28. The van der Waals surface area contributed by atoms with Crippen LogP contribution in [-0.2, 0) is 9.53 Å². The van der Waals surface area contributed by atoms with Gasteiger partial charge in [0.1, 0.15) is 6.61 Å². The van der Waals surface area contributed by atoms with Crippen molar-refractivity contribution in [3.63, 3.8) is 0 Å². The molecule has 0 unspecified atom stereocenters. The summed E-state index contributed by atoms with van der Waals surface area (Å²) in [7, 11) is 0. The SMILES string of the molecule is CCN(CC)CCOC(=O)CSc1ccc(C)cc1. The maximum absolute atomic E-state index is 11.6. The number of benzene rings is 1. The van der Waals surface area contributed by atoms with Crippen LogP contribution in [0.15, 0.2) is 29.2 Å². The second-order valence-corrected chi connectivity index (χ2v) is 5.40. The summed E-state index contributed by atoms with van der Waals surface area (Å²) < 4.78 is 5.22. The molecular weight excluding hydrogens is 258 g/mol. The number of esters is 1. The molecule has 0 amide bonds. The van der Waals surface area contributed by atoms with Crippen LogP contribution in [0.3, 0.4) is 0 Å². The Morgan fingerprint density at radius 3 is 2.42 bits per heavy atom. The molecule has 0 radical (unpaired) electrons. The molecule has 0 bridgehead atoms. The van der Waals surface area contributed by atoms with E-state index in [0.717, 1.165) is 24.5 Å². The van der Waals surface area contributed by atoms with Gasteiger partial charge in [0.15, 0.2) is 0 Å². The number of ether oxygens (including phenoxy) is 1. The molecule has 0 aliphatic rings. The van der Waals surface area contributed by atoms with Crippen LogP contribution < -0.4 is 0 Å². The number of carbonyl (C=O) groups excluding carboxylic acids is 1. The lowest BCUT2D eigenvalue weighted by Gasteiger charge is -2.17. The quantitative estimate of drug-likeness (QED) is 0.541. The molecule has 0 aliphatic heterocycles. The molecule has 0 aromatic heterocycles. The third-order valence-electron chi connectivity index (χ3n) is 2.94. The first-order valence-electron chi connectivity index (χ1n) is 6.73.